The van der Waals surface area contributed by atoms with E-state index in [2.05, 4.69) is 5.32 Å². The zero-order valence-corrected chi connectivity index (χ0v) is 17.7. The molecule has 0 bridgehead atoms. The maximum Gasteiger partial charge on any atom is 0.409 e. The smallest absolute Gasteiger partial charge is 0.409 e. The van der Waals surface area contributed by atoms with Gasteiger partial charge in [0.2, 0.25) is 5.91 Å². The van der Waals surface area contributed by atoms with Crippen molar-refractivity contribution in [1.82, 2.24) is 9.80 Å². The lowest BCUT2D eigenvalue weighted by atomic mass is 9.97. The number of carbonyl (C=O) groups is 4. The first kappa shape index (κ1) is 22.6. The molecule has 2 fully saturated rings. The number of nitrogens with zero attached hydrogens (tertiary/aromatic N) is 2. The van der Waals surface area contributed by atoms with Crippen LogP contribution in [0.1, 0.15) is 49.4 Å². The number of anilines is 1. The number of nitrogens with one attached hydrogen (secondary N) is 1. The van der Waals surface area contributed by atoms with Crippen LogP contribution in [0.4, 0.5) is 10.5 Å². The van der Waals surface area contributed by atoms with Crippen LogP contribution in [0.3, 0.4) is 0 Å². The molecule has 2 aliphatic heterocycles. The minimum Gasteiger partial charge on any atom is -0.480 e. The number of aliphatic carboxylic acids is 1. The molecule has 1 aromatic rings. The largest absolute Gasteiger partial charge is 0.480 e. The third-order valence-corrected chi connectivity index (χ3v) is 5.74. The Labute approximate surface area is 181 Å². The van der Waals surface area contributed by atoms with Crippen LogP contribution in [0, 0.1) is 5.92 Å². The zero-order valence-electron chi connectivity index (χ0n) is 17.7. The van der Waals surface area contributed by atoms with Gasteiger partial charge in [-0.1, -0.05) is 6.07 Å². The Hall–Kier alpha value is -3.10. The van der Waals surface area contributed by atoms with Crippen LogP contribution in [0.15, 0.2) is 24.3 Å². The molecule has 2 heterocycles. The molecule has 0 saturated carbocycles. The molecule has 9 nitrogen and oxygen atoms in total. The lowest BCUT2D eigenvalue weighted by molar-refractivity contribution is -0.143. The summed E-state index contributed by atoms with van der Waals surface area (Å²) in [6.07, 6.45) is 2.94. The van der Waals surface area contributed by atoms with Crippen molar-refractivity contribution >= 4 is 29.6 Å². The van der Waals surface area contributed by atoms with Gasteiger partial charge in [-0.25, -0.2) is 9.59 Å². The van der Waals surface area contributed by atoms with Gasteiger partial charge in [0.25, 0.3) is 5.91 Å². The van der Waals surface area contributed by atoms with E-state index in [1.54, 1.807) is 36.1 Å². The molecule has 2 aliphatic rings. The molecule has 2 atom stereocenters. The van der Waals surface area contributed by atoms with Crippen molar-refractivity contribution in [3.05, 3.63) is 29.8 Å². The van der Waals surface area contributed by atoms with E-state index >= 15 is 0 Å². The second kappa shape index (κ2) is 10.3. The fourth-order valence-electron chi connectivity index (χ4n) is 4.14. The van der Waals surface area contributed by atoms with E-state index in [9.17, 15) is 24.3 Å². The lowest BCUT2D eigenvalue weighted by Crippen LogP contribution is -2.48. The van der Waals surface area contributed by atoms with Gasteiger partial charge < -0.3 is 25.0 Å². The molecule has 3 amide bonds. The minimum absolute atomic E-state index is 0.222. The number of carbonyl (C=O) groups excluding carboxylic acids is 3. The number of hydrogen-bond donors (Lipinski definition) is 2. The number of likely N-dealkylation sites (tertiary alicyclic amines) is 2. The minimum atomic E-state index is -0.999. The molecule has 1 aromatic carbocycles. The fourth-order valence-corrected chi connectivity index (χ4v) is 4.14. The van der Waals surface area contributed by atoms with E-state index in [1.165, 1.54) is 4.90 Å². The van der Waals surface area contributed by atoms with Crippen LogP contribution in [0.5, 0.6) is 0 Å². The Balaban J connectivity index is 1.66. The monoisotopic (exact) mass is 431 g/mol. The number of hydrogen-bond acceptors (Lipinski definition) is 5. The van der Waals surface area contributed by atoms with Gasteiger partial charge in [-0.3, -0.25) is 9.59 Å². The number of carboxylic acid groups (broad SMARTS) is 1. The molecular weight excluding hydrogens is 402 g/mol. The normalized spacial score (nSPS) is 21.3. The van der Waals surface area contributed by atoms with E-state index in [4.69, 9.17) is 4.74 Å². The second-order valence-electron chi connectivity index (χ2n) is 7.90. The van der Waals surface area contributed by atoms with E-state index < -0.39 is 18.1 Å². The molecule has 0 radical (unpaired) electrons. The molecule has 0 unspecified atom stereocenters. The van der Waals surface area contributed by atoms with Gasteiger partial charge in [0, 0.05) is 30.9 Å². The Morgan fingerprint density at radius 3 is 2.68 bits per heavy atom. The number of carboxylic acids is 1. The number of piperidine rings is 2. The quantitative estimate of drug-likeness (QED) is 0.740. The highest BCUT2D eigenvalue weighted by molar-refractivity contribution is 5.99. The van der Waals surface area contributed by atoms with E-state index in [1.807, 2.05) is 0 Å². The molecule has 0 aromatic heterocycles. The predicted molar refractivity (Wildman–Crippen MR) is 113 cm³/mol. The van der Waals surface area contributed by atoms with Crippen LogP contribution in [0.25, 0.3) is 0 Å². The first-order chi connectivity index (χ1) is 14.9. The third kappa shape index (κ3) is 5.53. The summed E-state index contributed by atoms with van der Waals surface area (Å²) < 4.78 is 5.02. The van der Waals surface area contributed by atoms with E-state index in [-0.39, 0.29) is 30.9 Å². The lowest BCUT2D eigenvalue weighted by Gasteiger charge is -2.33. The first-order valence-electron chi connectivity index (χ1n) is 10.8. The SMILES string of the molecule is CCOC(=O)N1CCC[C@H](C(=O)Nc2cccc(C(=O)N3CCCC[C@@H]3C(=O)O)c2)C1. The molecule has 9 heteroatoms. The summed E-state index contributed by atoms with van der Waals surface area (Å²) in [5, 5.41) is 12.3. The molecule has 2 saturated heterocycles. The number of amides is 3. The van der Waals surface area contributed by atoms with Gasteiger partial charge in [-0.15, -0.1) is 0 Å². The number of ether oxygens (including phenoxy) is 1. The summed E-state index contributed by atoms with van der Waals surface area (Å²) in [6.45, 7) is 3.28. The number of benzene rings is 1. The molecule has 168 valence electrons. The molecule has 31 heavy (non-hydrogen) atoms. The molecule has 3 rings (SSSR count). The Morgan fingerprint density at radius 2 is 1.94 bits per heavy atom. The van der Waals surface area contributed by atoms with Crippen molar-refractivity contribution in [2.75, 3.05) is 31.6 Å². The summed E-state index contributed by atoms with van der Waals surface area (Å²) in [5.41, 5.74) is 0.802. The highest BCUT2D eigenvalue weighted by atomic mass is 16.6. The molecule has 0 aliphatic carbocycles. The van der Waals surface area contributed by atoms with Gasteiger partial charge in [0.05, 0.1) is 12.5 Å². The Kier molecular flexibility index (Phi) is 7.49. The highest BCUT2D eigenvalue weighted by Gasteiger charge is 2.33. The van der Waals surface area contributed by atoms with E-state index in [0.29, 0.717) is 43.6 Å². The van der Waals surface area contributed by atoms with Gasteiger partial charge in [0.15, 0.2) is 0 Å². The Bertz CT molecular complexity index is 842. The van der Waals surface area contributed by atoms with Crippen LogP contribution >= 0.6 is 0 Å². The summed E-state index contributed by atoms with van der Waals surface area (Å²) in [6, 6.07) is 5.71. The average Bonchev–Trinajstić information content (AvgIpc) is 2.79. The van der Waals surface area contributed by atoms with Crippen LogP contribution < -0.4 is 5.32 Å². The third-order valence-electron chi connectivity index (χ3n) is 5.74. The van der Waals surface area contributed by atoms with Crippen molar-refractivity contribution in [3.8, 4) is 0 Å². The number of rotatable bonds is 5. The standard InChI is InChI=1S/C22H29N3O6/c1-2-31-22(30)24-11-6-8-16(14-24)19(26)23-17-9-5-7-15(13-17)20(27)25-12-4-3-10-18(25)21(28)29/h5,7,9,13,16,18H,2-4,6,8,10-12,14H2,1H3,(H,23,26)(H,28,29)/t16-,18+/m0/s1. The fraction of sp³-hybridized carbons (Fsp3) is 0.545. The molecule has 2 N–H and O–H groups in total. The summed E-state index contributed by atoms with van der Waals surface area (Å²) in [5.74, 6) is -1.94. The Morgan fingerprint density at radius 1 is 1.13 bits per heavy atom. The zero-order chi connectivity index (χ0) is 22.4. The average molecular weight is 431 g/mol. The van der Waals surface area contributed by atoms with Crippen LogP contribution in [-0.4, -0.2) is 71.1 Å². The van der Waals surface area contributed by atoms with Gasteiger partial charge in [-0.2, -0.15) is 0 Å². The molecule has 0 spiro atoms. The van der Waals surface area contributed by atoms with Crippen molar-refractivity contribution in [2.24, 2.45) is 5.92 Å². The van der Waals surface area contributed by atoms with Crippen molar-refractivity contribution in [1.29, 1.82) is 0 Å². The van der Waals surface area contributed by atoms with Crippen LogP contribution in [0.2, 0.25) is 0 Å². The van der Waals surface area contributed by atoms with Gasteiger partial charge >= 0.3 is 12.1 Å². The predicted octanol–water partition coefficient (Wildman–Crippen LogP) is 2.57. The first-order valence-corrected chi connectivity index (χ1v) is 10.8. The maximum atomic E-state index is 12.9. The topological polar surface area (TPSA) is 116 Å². The molecular formula is C22H29N3O6. The van der Waals surface area contributed by atoms with E-state index in [0.717, 1.165) is 12.8 Å². The highest BCUT2D eigenvalue weighted by Crippen LogP contribution is 2.23. The van der Waals surface area contributed by atoms with Gasteiger partial charge in [-0.05, 0) is 57.2 Å². The van der Waals surface area contributed by atoms with Crippen LogP contribution in [-0.2, 0) is 14.3 Å². The summed E-state index contributed by atoms with van der Waals surface area (Å²) >= 11 is 0. The summed E-state index contributed by atoms with van der Waals surface area (Å²) in [4.78, 5) is 52.1. The maximum absolute atomic E-state index is 12.9. The van der Waals surface area contributed by atoms with Crippen molar-refractivity contribution in [2.45, 2.75) is 45.1 Å². The van der Waals surface area contributed by atoms with Crippen molar-refractivity contribution in [3.63, 3.8) is 0 Å². The summed E-state index contributed by atoms with van der Waals surface area (Å²) in [7, 11) is 0. The second-order valence-corrected chi connectivity index (χ2v) is 7.90. The van der Waals surface area contributed by atoms with Gasteiger partial charge in [0.1, 0.15) is 6.04 Å². The van der Waals surface area contributed by atoms with Crippen molar-refractivity contribution < 1.29 is 29.0 Å².